The lowest BCUT2D eigenvalue weighted by molar-refractivity contribution is -0.142. The van der Waals surface area contributed by atoms with E-state index in [1.165, 1.54) is 18.2 Å². The predicted molar refractivity (Wildman–Crippen MR) is 113 cm³/mol. The Bertz CT molecular complexity index is 1050. The van der Waals surface area contributed by atoms with Gasteiger partial charge < -0.3 is 10.4 Å². The molecule has 0 radical (unpaired) electrons. The number of hydrogen-bond acceptors (Lipinski definition) is 4. The van der Waals surface area contributed by atoms with Crippen LogP contribution in [0.4, 0.5) is 0 Å². The van der Waals surface area contributed by atoms with E-state index in [9.17, 15) is 23.1 Å². The van der Waals surface area contributed by atoms with Crippen LogP contribution in [0.2, 0.25) is 10.0 Å². The maximum atomic E-state index is 13.1. The minimum absolute atomic E-state index is 0.0735. The van der Waals surface area contributed by atoms with E-state index in [0.717, 1.165) is 9.87 Å². The molecule has 0 spiro atoms. The van der Waals surface area contributed by atoms with Crippen molar-refractivity contribution in [1.29, 1.82) is 0 Å². The van der Waals surface area contributed by atoms with Gasteiger partial charge in [0.25, 0.3) is 0 Å². The number of aliphatic carboxylic acids is 1. The van der Waals surface area contributed by atoms with E-state index in [4.69, 9.17) is 23.2 Å². The minimum atomic E-state index is -4.01. The van der Waals surface area contributed by atoms with Crippen LogP contribution in [0, 0.1) is 0 Å². The van der Waals surface area contributed by atoms with Gasteiger partial charge in [-0.15, -0.1) is 0 Å². The average molecular weight is 471 g/mol. The summed E-state index contributed by atoms with van der Waals surface area (Å²) in [5.74, 6) is -1.83. The summed E-state index contributed by atoms with van der Waals surface area (Å²) in [6.07, 6.45) is 0.868. The number of nitrogens with one attached hydrogen (secondary N) is 1. The van der Waals surface area contributed by atoms with Gasteiger partial charge in [-0.05, 0) is 36.6 Å². The number of rotatable bonds is 7. The van der Waals surface area contributed by atoms with Crippen LogP contribution < -0.4 is 5.32 Å². The molecule has 0 aliphatic carbocycles. The summed E-state index contributed by atoms with van der Waals surface area (Å²) >= 11 is 11.8. The molecule has 3 rings (SSSR count). The third kappa shape index (κ3) is 4.95. The molecule has 2 aromatic carbocycles. The summed E-state index contributed by atoms with van der Waals surface area (Å²) in [7, 11) is -4.01. The van der Waals surface area contributed by atoms with Gasteiger partial charge in [-0.1, -0.05) is 53.5 Å². The van der Waals surface area contributed by atoms with Gasteiger partial charge in [0.1, 0.15) is 12.1 Å². The fourth-order valence-electron chi connectivity index (χ4n) is 3.38. The van der Waals surface area contributed by atoms with Crippen LogP contribution in [-0.4, -0.2) is 48.3 Å². The van der Waals surface area contributed by atoms with E-state index in [2.05, 4.69) is 5.32 Å². The van der Waals surface area contributed by atoms with Crippen molar-refractivity contribution in [2.45, 2.75) is 36.2 Å². The van der Waals surface area contributed by atoms with E-state index in [1.54, 1.807) is 24.3 Å². The molecule has 1 heterocycles. The molecule has 30 heavy (non-hydrogen) atoms. The van der Waals surface area contributed by atoms with Gasteiger partial charge >= 0.3 is 5.97 Å². The molecular formula is C20H20Cl2N2O5S. The zero-order valence-corrected chi connectivity index (χ0v) is 18.1. The molecule has 1 fully saturated rings. The maximum absolute atomic E-state index is 13.1. The van der Waals surface area contributed by atoms with Crippen molar-refractivity contribution in [3.8, 4) is 0 Å². The molecular weight excluding hydrogens is 451 g/mol. The second kappa shape index (κ2) is 9.34. The Hall–Kier alpha value is -2.13. The number of amides is 1. The van der Waals surface area contributed by atoms with Crippen LogP contribution in [-0.2, 0) is 26.0 Å². The first-order valence-corrected chi connectivity index (χ1v) is 11.4. The lowest BCUT2D eigenvalue weighted by Gasteiger charge is -2.25. The number of hydrogen-bond donors (Lipinski definition) is 2. The van der Waals surface area contributed by atoms with Gasteiger partial charge in [-0.3, -0.25) is 4.79 Å². The smallest absolute Gasteiger partial charge is 0.326 e. The highest BCUT2D eigenvalue weighted by Crippen LogP contribution is 2.30. The lowest BCUT2D eigenvalue weighted by atomic mass is 10.1. The Morgan fingerprint density at radius 3 is 2.47 bits per heavy atom. The molecule has 1 amide bonds. The van der Waals surface area contributed by atoms with Crippen LogP contribution in [0.5, 0.6) is 0 Å². The predicted octanol–water partition coefficient (Wildman–Crippen LogP) is 2.96. The molecule has 1 saturated heterocycles. The normalized spacial score (nSPS) is 18.1. The summed E-state index contributed by atoms with van der Waals surface area (Å²) < 4.78 is 27.2. The number of carbonyl (C=O) groups excluding carboxylic acids is 1. The van der Waals surface area contributed by atoms with Crippen molar-refractivity contribution in [3.05, 3.63) is 64.1 Å². The summed E-state index contributed by atoms with van der Waals surface area (Å²) in [6, 6.07) is 10.7. The summed E-state index contributed by atoms with van der Waals surface area (Å²) in [5.41, 5.74) is 0.747. The van der Waals surface area contributed by atoms with Gasteiger partial charge in [0.15, 0.2) is 0 Å². The van der Waals surface area contributed by atoms with Crippen molar-refractivity contribution in [1.82, 2.24) is 9.62 Å². The molecule has 0 unspecified atom stereocenters. The quantitative estimate of drug-likeness (QED) is 0.647. The molecule has 0 aromatic heterocycles. The molecule has 2 atom stereocenters. The largest absolute Gasteiger partial charge is 0.480 e. The number of nitrogens with zero attached hydrogens (tertiary/aromatic N) is 1. The number of sulfonamides is 1. The molecule has 1 aliphatic heterocycles. The van der Waals surface area contributed by atoms with E-state index >= 15 is 0 Å². The summed E-state index contributed by atoms with van der Waals surface area (Å²) in [5, 5.41) is 12.3. The van der Waals surface area contributed by atoms with Crippen molar-refractivity contribution in [2.24, 2.45) is 0 Å². The molecule has 2 aromatic rings. The summed E-state index contributed by atoms with van der Waals surface area (Å²) in [6.45, 7) is 0.150. The average Bonchev–Trinajstić information content (AvgIpc) is 3.21. The van der Waals surface area contributed by atoms with Crippen molar-refractivity contribution in [3.63, 3.8) is 0 Å². The zero-order valence-electron chi connectivity index (χ0n) is 15.8. The minimum Gasteiger partial charge on any atom is -0.480 e. The second-order valence-electron chi connectivity index (χ2n) is 6.94. The van der Waals surface area contributed by atoms with Crippen LogP contribution in [0.25, 0.3) is 0 Å². The van der Waals surface area contributed by atoms with Crippen molar-refractivity contribution < 1.29 is 23.1 Å². The fraction of sp³-hybridized carbons (Fsp3) is 0.300. The monoisotopic (exact) mass is 470 g/mol. The van der Waals surface area contributed by atoms with Gasteiger partial charge in [-0.25, -0.2) is 13.2 Å². The number of benzene rings is 2. The van der Waals surface area contributed by atoms with Gasteiger partial charge in [0.05, 0.1) is 14.9 Å². The van der Waals surface area contributed by atoms with Gasteiger partial charge in [0, 0.05) is 13.0 Å². The third-order valence-corrected chi connectivity index (χ3v) is 7.54. The standard InChI is InChI=1S/C20H20Cl2N2O5S/c21-15-9-8-14(12-16(15)22)30(28,29)24-10-4-7-18(24)19(25)23-17(20(26)27)11-13-5-2-1-3-6-13/h1-3,5-6,8-9,12,17-18H,4,7,10-11H2,(H,23,25)(H,26,27)/t17-,18-/m0/s1. The first-order chi connectivity index (χ1) is 14.2. The van der Waals surface area contributed by atoms with Gasteiger partial charge in [-0.2, -0.15) is 4.31 Å². The van der Waals surface area contributed by atoms with E-state index < -0.39 is 34.0 Å². The first-order valence-electron chi connectivity index (χ1n) is 9.24. The third-order valence-electron chi connectivity index (χ3n) is 4.90. The highest BCUT2D eigenvalue weighted by atomic mass is 35.5. The molecule has 10 heteroatoms. The number of carboxylic acids is 1. The Balaban J connectivity index is 1.78. The Kier molecular flexibility index (Phi) is 7.02. The Morgan fingerprint density at radius 2 is 1.83 bits per heavy atom. The highest BCUT2D eigenvalue weighted by molar-refractivity contribution is 7.89. The lowest BCUT2D eigenvalue weighted by Crippen LogP contribution is -2.51. The molecule has 1 aliphatic rings. The Labute approximate surface area is 184 Å². The molecule has 7 nitrogen and oxygen atoms in total. The number of halogens is 2. The number of carboxylic acid groups (broad SMARTS) is 1. The van der Waals surface area contributed by atoms with Crippen molar-refractivity contribution >= 4 is 45.1 Å². The molecule has 160 valence electrons. The number of carbonyl (C=O) groups is 2. The molecule has 0 saturated carbocycles. The fourth-order valence-corrected chi connectivity index (χ4v) is 5.43. The first kappa shape index (κ1) is 22.6. The van der Waals surface area contributed by atoms with Crippen LogP contribution in [0.1, 0.15) is 18.4 Å². The van der Waals surface area contributed by atoms with E-state index in [0.29, 0.717) is 12.8 Å². The Morgan fingerprint density at radius 1 is 1.13 bits per heavy atom. The molecule has 0 bridgehead atoms. The maximum Gasteiger partial charge on any atom is 0.326 e. The molecule has 2 N–H and O–H groups in total. The van der Waals surface area contributed by atoms with Gasteiger partial charge in [0.2, 0.25) is 15.9 Å². The highest BCUT2D eigenvalue weighted by Gasteiger charge is 2.40. The van der Waals surface area contributed by atoms with Crippen molar-refractivity contribution in [2.75, 3.05) is 6.54 Å². The zero-order chi connectivity index (χ0) is 21.9. The SMILES string of the molecule is O=C(O)[C@H](Cc1ccccc1)NC(=O)[C@@H]1CCCN1S(=O)(=O)c1ccc(Cl)c(Cl)c1. The topological polar surface area (TPSA) is 104 Å². The van der Waals surface area contributed by atoms with E-state index in [1.807, 2.05) is 6.07 Å². The van der Waals surface area contributed by atoms with Crippen LogP contribution >= 0.6 is 23.2 Å². The second-order valence-corrected chi connectivity index (χ2v) is 9.64. The van der Waals surface area contributed by atoms with Crippen LogP contribution in [0.15, 0.2) is 53.4 Å². The van der Waals surface area contributed by atoms with Crippen LogP contribution in [0.3, 0.4) is 0 Å². The summed E-state index contributed by atoms with van der Waals surface area (Å²) in [4.78, 5) is 24.4. The van der Waals surface area contributed by atoms with E-state index in [-0.39, 0.29) is 27.9 Å².